The summed E-state index contributed by atoms with van der Waals surface area (Å²) in [4.78, 5) is 0. The van der Waals surface area contributed by atoms with Crippen molar-refractivity contribution in [1.29, 1.82) is 0 Å². The first-order valence-electron chi connectivity index (χ1n) is 6.47. The number of hydrogen-bond acceptors (Lipinski definition) is 6. The van der Waals surface area contributed by atoms with Gasteiger partial charge in [-0.3, -0.25) is 0 Å². The Kier molecular flexibility index (Phi) is 5.87. The van der Waals surface area contributed by atoms with Crippen molar-refractivity contribution in [3.05, 3.63) is 42.0 Å². The standard InChI is InChI=1S/C14H17NO4S3/c1-19-11-4-2-10(3-5-11)12(16)8-9-20-13-6-7-14(21-13)22(15,17)18/h2-7,12,16H,8-9H2,1H3,(H2,15,17,18). The summed E-state index contributed by atoms with van der Waals surface area (Å²) in [7, 11) is -2.03. The van der Waals surface area contributed by atoms with Crippen LogP contribution in [0.25, 0.3) is 0 Å². The summed E-state index contributed by atoms with van der Waals surface area (Å²) >= 11 is 2.65. The lowest BCUT2D eigenvalue weighted by Crippen LogP contribution is -2.09. The van der Waals surface area contributed by atoms with Crippen molar-refractivity contribution in [2.24, 2.45) is 5.14 Å². The molecule has 0 saturated carbocycles. The average Bonchev–Trinajstić information content (AvgIpc) is 2.96. The van der Waals surface area contributed by atoms with E-state index >= 15 is 0 Å². The minimum atomic E-state index is -3.63. The molecule has 2 aromatic rings. The van der Waals surface area contributed by atoms with Crippen molar-refractivity contribution in [1.82, 2.24) is 0 Å². The molecule has 0 aliphatic rings. The number of rotatable bonds is 7. The quantitative estimate of drug-likeness (QED) is 0.742. The Balaban J connectivity index is 1.86. The van der Waals surface area contributed by atoms with Gasteiger partial charge < -0.3 is 9.84 Å². The first kappa shape index (κ1) is 17.3. The molecule has 120 valence electrons. The fraction of sp³-hybridized carbons (Fsp3) is 0.286. The van der Waals surface area contributed by atoms with Crippen LogP contribution < -0.4 is 9.88 Å². The van der Waals surface area contributed by atoms with E-state index in [1.54, 1.807) is 13.2 Å². The van der Waals surface area contributed by atoms with Crippen molar-refractivity contribution in [3.8, 4) is 5.75 Å². The van der Waals surface area contributed by atoms with Crippen molar-refractivity contribution in [2.45, 2.75) is 20.9 Å². The smallest absolute Gasteiger partial charge is 0.247 e. The third kappa shape index (κ3) is 4.72. The van der Waals surface area contributed by atoms with Gasteiger partial charge in [-0.25, -0.2) is 13.6 Å². The Bertz CT molecular complexity index is 710. The average molecular weight is 359 g/mol. The van der Waals surface area contributed by atoms with Crippen LogP contribution in [-0.4, -0.2) is 26.4 Å². The molecule has 22 heavy (non-hydrogen) atoms. The molecule has 3 N–H and O–H groups in total. The fourth-order valence-electron chi connectivity index (χ4n) is 1.80. The molecular formula is C14H17NO4S3. The van der Waals surface area contributed by atoms with E-state index in [-0.39, 0.29) is 4.21 Å². The molecule has 0 bridgehead atoms. The maximum Gasteiger partial charge on any atom is 0.247 e. The minimum absolute atomic E-state index is 0.158. The zero-order chi connectivity index (χ0) is 16.2. The molecule has 1 aromatic carbocycles. The van der Waals surface area contributed by atoms with Gasteiger partial charge in [-0.05, 0) is 36.2 Å². The van der Waals surface area contributed by atoms with Gasteiger partial charge in [-0.15, -0.1) is 23.1 Å². The van der Waals surface area contributed by atoms with Gasteiger partial charge in [0.1, 0.15) is 9.96 Å². The van der Waals surface area contributed by atoms with E-state index in [4.69, 9.17) is 9.88 Å². The number of aliphatic hydroxyl groups excluding tert-OH is 1. The molecule has 1 unspecified atom stereocenters. The second kappa shape index (κ2) is 7.47. The Morgan fingerprint density at radius 2 is 1.95 bits per heavy atom. The van der Waals surface area contributed by atoms with Crippen LogP contribution in [0.2, 0.25) is 0 Å². The third-order valence-corrected chi connectivity index (χ3v) is 6.76. The van der Waals surface area contributed by atoms with E-state index in [2.05, 4.69) is 0 Å². The number of ether oxygens (including phenoxy) is 1. The highest BCUT2D eigenvalue weighted by Gasteiger charge is 2.12. The van der Waals surface area contributed by atoms with Gasteiger partial charge in [0, 0.05) is 5.75 Å². The summed E-state index contributed by atoms with van der Waals surface area (Å²) < 4.78 is 28.5. The molecule has 0 fully saturated rings. The van der Waals surface area contributed by atoms with Crippen LogP contribution in [0.1, 0.15) is 18.1 Å². The SMILES string of the molecule is COc1ccc(C(O)CCSc2ccc(S(N)(=O)=O)s2)cc1. The Hall–Kier alpha value is -1.06. The van der Waals surface area contributed by atoms with Crippen LogP contribution in [0.15, 0.2) is 44.8 Å². The molecule has 5 nitrogen and oxygen atoms in total. The first-order valence-corrected chi connectivity index (χ1v) is 9.82. The number of hydrogen-bond donors (Lipinski definition) is 2. The van der Waals surface area contributed by atoms with E-state index in [1.807, 2.05) is 24.3 Å². The zero-order valence-corrected chi connectivity index (χ0v) is 14.4. The minimum Gasteiger partial charge on any atom is -0.497 e. The maximum atomic E-state index is 11.2. The highest BCUT2D eigenvalue weighted by Crippen LogP contribution is 2.31. The Labute approximate surface area is 138 Å². The van der Waals surface area contributed by atoms with Crippen LogP contribution in [0, 0.1) is 0 Å². The largest absolute Gasteiger partial charge is 0.497 e. The molecule has 0 amide bonds. The van der Waals surface area contributed by atoms with Crippen molar-refractivity contribution in [2.75, 3.05) is 12.9 Å². The number of primary sulfonamides is 1. The molecular weight excluding hydrogens is 342 g/mol. The highest BCUT2D eigenvalue weighted by molar-refractivity contribution is 8.01. The molecule has 0 aliphatic heterocycles. The van der Waals surface area contributed by atoms with E-state index < -0.39 is 16.1 Å². The molecule has 8 heteroatoms. The van der Waals surface area contributed by atoms with E-state index in [0.717, 1.165) is 26.9 Å². The van der Waals surface area contributed by atoms with Crippen LogP contribution in [0.3, 0.4) is 0 Å². The first-order chi connectivity index (χ1) is 10.4. The predicted octanol–water partition coefficient (Wildman–Crippen LogP) is 2.62. The number of thiophene rings is 1. The van der Waals surface area contributed by atoms with Gasteiger partial charge in [-0.1, -0.05) is 12.1 Å². The predicted molar refractivity (Wildman–Crippen MR) is 89.0 cm³/mol. The van der Waals surface area contributed by atoms with Gasteiger partial charge >= 0.3 is 0 Å². The molecule has 0 spiro atoms. The molecule has 2 rings (SSSR count). The summed E-state index contributed by atoms with van der Waals surface area (Å²) in [5, 5.41) is 15.2. The molecule has 1 heterocycles. The molecule has 0 aliphatic carbocycles. The van der Waals surface area contributed by atoms with Crippen molar-refractivity contribution >= 4 is 33.1 Å². The molecule has 0 saturated heterocycles. The second-order valence-corrected chi connectivity index (χ2v) is 8.81. The summed E-state index contributed by atoms with van der Waals surface area (Å²) in [6.07, 6.45) is 0.00987. The maximum absolute atomic E-state index is 11.2. The summed E-state index contributed by atoms with van der Waals surface area (Å²) in [6, 6.07) is 10.5. The Morgan fingerprint density at radius 1 is 1.27 bits per heavy atom. The van der Waals surface area contributed by atoms with Gasteiger partial charge in [0.2, 0.25) is 10.0 Å². The van der Waals surface area contributed by atoms with E-state index in [9.17, 15) is 13.5 Å². The number of sulfonamides is 1. The monoisotopic (exact) mass is 359 g/mol. The molecule has 1 aromatic heterocycles. The van der Waals surface area contributed by atoms with Crippen LogP contribution in [0.5, 0.6) is 5.75 Å². The lowest BCUT2D eigenvalue weighted by Gasteiger charge is -2.10. The van der Waals surface area contributed by atoms with Crippen LogP contribution >= 0.6 is 23.1 Å². The van der Waals surface area contributed by atoms with Crippen molar-refractivity contribution < 1.29 is 18.3 Å². The fourth-order valence-corrected chi connectivity index (χ4v) is 4.88. The molecule has 1 atom stereocenters. The van der Waals surface area contributed by atoms with Crippen molar-refractivity contribution in [3.63, 3.8) is 0 Å². The zero-order valence-electron chi connectivity index (χ0n) is 11.9. The van der Waals surface area contributed by atoms with E-state index in [1.165, 1.54) is 17.8 Å². The number of methoxy groups -OCH3 is 1. The number of thioether (sulfide) groups is 1. The van der Waals surface area contributed by atoms with Gasteiger partial charge in [0.05, 0.1) is 17.4 Å². The van der Waals surface area contributed by atoms with E-state index in [0.29, 0.717) is 12.2 Å². The second-order valence-electron chi connectivity index (χ2n) is 4.54. The molecule has 0 radical (unpaired) electrons. The lowest BCUT2D eigenvalue weighted by molar-refractivity contribution is 0.175. The van der Waals surface area contributed by atoms with Gasteiger partial charge in [-0.2, -0.15) is 0 Å². The topological polar surface area (TPSA) is 89.6 Å². The number of nitrogens with two attached hydrogens (primary N) is 1. The lowest BCUT2D eigenvalue weighted by atomic mass is 10.1. The van der Waals surface area contributed by atoms with Crippen LogP contribution in [-0.2, 0) is 10.0 Å². The summed E-state index contributed by atoms with van der Waals surface area (Å²) in [6.45, 7) is 0. The normalized spacial score (nSPS) is 13.0. The number of aliphatic hydroxyl groups is 1. The summed E-state index contributed by atoms with van der Waals surface area (Å²) in [5.41, 5.74) is 0.831. The number of benzene rings is 1. The van der Waals surface area contributed by atoms with Crippen LogP contribution in [0.4, 0.5) is 0 Å². The summed E-state index contributed by atoms with van der Waals surface area (Å²) in [5.74, 6) is 1.43. The highest BCUT2D eigenvalue weighted by atomic mass is 32.3. The third-order valence-electron chi connectivity index (χ3n) is 2.97. The van der Waals surface area contributed by atoms with Gasteiger partial charge in [0.25, 0.3) is 0 Å². The van der Waals surface area contributed by atoms with Gasteiger partial charge in [0.15, 0.2) is 0 Å². The Morgan fingerprint density at radius 3 is 2.50 bits per heavy atom.